The maximum absolute atomic E-state index is 13.3. The Morgan fingerprint density at radius 3 is 1.16 bits per heavy atom. The standard InChI is InChI=1S/C31H44N4O10S.C21H32N2O9S.C10H14N2O2.C5H9ClO.2CH4.ClH/c1-21-17-24(43-16-10-13-26(36)32-14-15-33-29(38)44-20-23-11-8-7-9-12-23)18-22(2)27(21)46(40,41)35-25(28(37)42-6)19-34-30(39)45-31(3,4)5;1-13-10-15(31-9-7-8-17(24)25)11-14(2)18(13)33(28,29)23-16(19(26)30-6)12-22-20(27)32-21(3,4)5;11-6-7-12-10(13)14-8-9-4-2-1-3-5-9;1-5(2,3)4(6)7;;;/h7-9,11-12,17-18,25,35H,10,13-16,19-20H2,1-6H3,(H,32,36)(H,33,38)(H,34,39);10-11,16,23H,7-9,12H2,1-6H3,(H,22,27)(H,24,25);1-5H,6-8,11H2,(H,12,13);1-3H3;2*1H4;1H/t25-;16-;;;;;/m00...../s1. The van der Waals surface area contributed by atoms with E-state index < -0.39 is 92.2 Å². The van der Waals surface area contributed by atoms with E-state index in [1.165, 1.54) is 24.3 Å². The van der Waals surface area contributed by atoms with Crippen LogP contribution in [0.15, 0.2) is 94.7 Å². The molecule has 4 rings (SSSR count). The van der Waals surface area contributed by atoms with Crippen LogP contribution in [0.4, 0.5) is 19.2 Å². The van der Waals surface area contributed by atoms with Crippen molar-refractivity contribution in [2.75, 3.05) is 66.7 Å². The summed E-state index contributed by atoms with van der Waals surface area (Å²) in [6.45, 7) is 23.3. The highest BCUT2D eigenvalue weighted by Gasteiger charge is 2.32. The fourth-order valence-electron chi connectivity index (χ4n) is 7.99. The van der Waals surface area contributed by atoms with Crippen molar-refractivity contribution in [2.45, 2.75) is 177 Å². The highest BCUT2D eigenvalue weighted by atomic mass is 35.5. The van der Waals surface area contributed by atoms with Gasteiger partial charge in [-0.1, -0.05) is 96.3 Å². The Balaban J connectivity index is -0.00000152. The zero-order valence-electron chi connectivity index (χ0n) is 59.9. The molecule has 0 aliphatic carbocycles. The summed E-state index contributed by atoms with van der Waals surface area (Å²) in [6.07, 6.45) is -1.76. The van der Waals surface area contributed by atoms with Gasteiger partial charge >= 0.3 is 42.3 Å². The van der Waals surface area contributed by atoms with Crippen molar-refractivity contribution in [3.05, 3.63) is 118 Å². The molecule has 0 fully saturated rings. The summed E-state index contributed by atoms with van der Waals surface area (Å²) in [7, 11) is -6.21. The quantitative estimate of drug-likeness (QED) is 0.0139. The second-order valence-corrected chi connectivity index (χ2v) is 28.6. The number of aliphatic carboxylic acids is 1. The fourth-order valence-corrected chi connectivity index (χ4v) is 11.3. The van der Waals surface area contributed by atoms with Crippen LogP contribution in [-0.4, -0.2) is 165 Å². The van der Waals surface area contributed by atoms with Crippen LogP contribution in [0.1, 0.15) is 136 Å². The number of hydrogen-bond acceptors (Lipinski definition) is 21. The molecule has 11 N–H and O–H groups in total. The summed E-state index contributed by atoms with van der Waals surface area (Å²) >= 11 is 5.11. The summed E-state index contributed by atoms with van der Waals surface area (Å²) in [5.41, 5.74) is 4.97. The Morgan fingerprint density at radius 2 is 0.845 bits per heavy atom. The number of carboxylic acids is 1. The summed E-state index contributed by atoms with van der Waals surface area (Å²) in [6, 6.07) is 22.1. The molecule has 30 nitrogen and oxygen atoms in total. The third-order valence-corrected chi connectivity index (χ3v) is 16.6. The van der Waals surface area contributed by atoms with Gasteiger partial charge in [0.2, 0.25) is 31.2 Å². The number of methoxy groups -OCH3 is 2. The minimum atomic E-state index is -4.23. The van der Waals surface area contributed by atoms with Gasteiger partial charge in [0.25, 0.3) is 0 Å². The lowest BCUT2D eigenvalue weighted by Crippen LogP contribution is -3.00. The highest BCUT2D eigenvalue weighted by molar-refractivity contribution is 7.90. The molecular weight excluding hydrogens is 1430 g/mol. The Kier molecular flexibility index (Phi) is 47.1. The number of carbonyl (C=O) groups is 9. The minimum absolute atomic E-state index is 0. The Morgan fingerprint density at radius 1 is 0.515 bits per heavy atom. The first kappa shape index (κ1) is 98.6. The molecule has 0 aliphatic rings. The summed E-state index contributed by atoms with van der Waals surface area (Å²) in [5, 5.41) is 21.0. The lowest BCUT2D eigenvalue weighted by molar-refractivity contribution is -0.364. The third kappa shape index (κ3) is 43.2. The summed E-state index contributed by atoms with van der Waals surface area (Å²) in [4.78, 5) is 104. The highest BCUT2D eigenvalue weighted by Crippen LogP contribution is 2.28. The van der Waals surface area contributed by atoms with Crippen LogP contribution >= 0.6 is 11.6 Å². The van der Waals surface area contributed by atoms with Gasteiger partial charge in [-0.3, -0.25) is 24.0 Å². The molecule has 34 heteroatoms. The van der Waals surface area contributed by atoms with Gasteiger partial charge in [0.05, 0.1) is 50.3 Å². The minimum Gasteiger partial charge on any atom is -1.00 e. The molecule has 5 amide bonds. The predicted molar refractivity (Wildman–Crippen MR) is 383 cm³/mol. The number of amides is 5. The molecule has 2 atom stereocenters. The number of rotatable bonds is 31. The van der Waals surface area contributed by atoms with Crippen LogP contribution in [0, 0.1) is 33.1 Å². The van der Waals surface area contributed by atoms with Crippen molar-refractivity contribution in [2.24, 2.45) is 5.41 Å². The third-order valence-electron chi connectivity index (χ3n) is 12.5. The van der Waals surface area contributed by atoms with Crippen molar-refractivity contribution in [1.82, 2.24) is 36.0 Å². The van der Waals surface area contributed by atoms with E-state index in [0.717, 1.165) is 25.3 Å². The van der Waals surface area contributed by atoms with E-state index in [2.05, 4.69) is 46.5 Å². The number of halogens is 2. The number of carboxylic acid groups (broad SMARTS) is 1. The first-order chi connectivity index (χ1) is 46.5. The number of esters is 2. The Bertz CT molecular complexity index is 3490. The fraction of sp³-hybridized carbons (Fsp3) is 0.522. The molecule has 0 saturated heterocycles. The van der Waals surface area contributed by atoms with Crippen molar-refractivity contribution in [1.29, 1.82) is 0 Å². The van der Waals surface area contributed by atoms with E-state index in [1.807, 2.05) is 60.7 Å². The lowest BCUT2D eigenvalue weighted by atomic mass is 10.00. The number of carbonyl (C=O) groups excluding carboxylic acids is 8. The maximum Gasteiger partial charge on any atom is 0.407 e. The SMILES string of the molecule is C.C.CC(C)(C)C(=O)Cl.COC(=O)[C@H](CNC(=O)OC(C)(C)C)NS(=O)(=O)c1c(C)cc(OCCCC(=O)NCCNC(=O)OCc2ccccc2)cc1C.COC(=O)[C@H](CNC(=O)OC(C)(C)C)NS(=O)(=O)c1c(C)cc(OCCCC(=O)O)cc1C.[Cl-].[NH3+]CCNC(=O)OCc1ccccc1. The number of ether oxygens (including phenoxy) is 8. The Labute approximate surface area is 617 Å². The van der Waals surface area contributed by atoms with Gasteiger partial charge in [-0.15, -0.1) is 0 Å². The molecule has 0 saturated carbocycles. The number of quaternary nitrogens is 1. The number of nitrogens with one attached hydrogen (secondary N) is 7. The molecular formula is C69H108Cl2N8O22S2. The first-order valence-electron chi connectivity index (χ1n) is 31.5. The number of aryl methyl sites for hydroxylation is 4. The number of hydrogen-bond donors (Lipinski definition) is 9. The average molecular weight is 1540 g/mol. The van der Waals surface area contributed by atoms with Crippen LogP contribution in [0.3, 0.4) is 0 Å². The number of alkyl carbamates (subject to hydrolysis) is 4. The van der Waals surface area contributed by atoms with Crippen LogP contribution < -0.4 is 63.6 Å². The van der Waals surface area contributed by atoms with Crippen molar-refractivity contribution < 1.29 is 121 Å². The van der Waals surface area contributed by atoms with Crippen LogP contribution in [0.25, 0.3) is 0 Å². The molecule has 0 aromatic heterocycles. The van der Waals surface area contributed by atoms with Gasteiger partial charge in [0.1, 0.15) is 48.0 Å². The van der Waals surface area contributed by atoms with Gasteiger partial charge in [0.15, 0.2) is 0 Å². The molecule has 4 aromatic carbocycles. The molecule has 0 bridgehead atoms. The summed E-state index contributed by atoms with van der Waals surface area (Å²) < 4.78 is 98.2. The van der Waals surface area contributed by atoms with E-state index in [-0.39, 0.29) is 106 Å². The second kappa shape index (κ2) is 49.2. The lowest BCUT2D eigenvalue weighted by Gasteiger charge is -2.22. The van der Waals surface area contributed by atoms with E-state index in [4.69, 9.17) is 49.9 Å². The van der Waals surface area contributed by atoms with Gasteiger partial charge < -0.3 is 87.7 Å². The van der Waals surface area contributed by atoms with Gasteiger partial charge in [-0.25, -0.2) is 36.0 Å². The summed E-state index contributed by atoms with van der Waals surface area (Å²) in [5.74, 6) is -2.13. The molecule has 582 valence electrons. The van der Waals surface area contributed by atoms with E-state index in [0.29, 0.717) is 66.3 Å². The first-order valence-corrected chi connectivity index (χ1v) is 34.9. The largest absolute Gasteiger partial charge is 1.00 e. The number of benzene rings is 4. The molecule has 4 aromatic rings. The van der Waals surface area contributed by atoms with Gasteiger partial charge in [-0.2, -0.15) is 9.44 Å². The average Bonchev–Trinajstić information content (AvgIpc) is 0.797. The predicted octanol–water partition coefficient (Wildman–Crippen LogP) is 4.97. The molecule has 0 spiro atoms. The number of sulfonamides is 2. The molecule has 0 heterocycles. The molecule has 0 radical (unpaired) electrons. The zero-order valence-corrected chi connectivity index (χ0v) is 63.1. The molecule has 0 unspecified atom stereocenters. The van der Waals surface area contributed by atoms with E-state index in [1.54, 1.807) is 90.0 Å². The van der Waals surface area contributed by atoms with E-state index >= 15 is 0 Å². The normalized spacial score (nSPS) is 11.4. The maximum atomic E-state index is 13.3. The van der Waals surface area contributed by atoms with Gasteiger partial charge in [-0.05, 0) is 151 Å². The van der Waals surface area contributed by atoms with Crippen LogP contribution in [0.2, 0.25) is 0 Å². The van der Waals surface area contributed by atoms with Gasteiger partial charge in [0, 0.05) is 44.4 Å². The zero-order chi connectivity index (χ0) is 76.0. The monoisotopic (exact) mass is 1530 g/mol. The smallest absolute Gasteiger partial charge is 0.407 e. The topological polar surface area (TPSA) is 428 Å². The molecule has 0 aliphatic heterocycles. The molecule has 103 heavy (non-hydrogen) atoms. The van der Waals surface area contributed by atoms with Crippen LogP contribution in [-0.2, 0) is 85.7 Å². The van der Waals surface area contributed by atoms with Crippen LogP contribution in [0.5, 0.6) is 11.5 Å². The van der Waals surface area contributed by atoms with E-state index in [9.17, 15) is 60.0 Å². The van der Waals surface area contributed by atoms with Crippen molar-refractivity contribution in [3.63, 3.8) is 0 Å². The second-order valence-electron chi connectivity index (χ2n) is 24.9. The Hall–Kier alpha value is -8.53. The van der Waals surface area contributed by atoms with Crippen molar-refractivity contribution in [3.8, 4) is 11.5 Å². The van der Waals surface area contributed by atoms with Crippen molar-refractivity contribution >= 4 is 85.1 Å².